The molecule has 1 aliphatic rings. The lowest BCUT2D eigenvalue weighted by atomic mass is 9.93. The van der Waals surface area contributed by atoms with Gasteiger partial charge in [-0.3, -0.25) is 0 Å². The Bertz CT molecular complexity index is 324. The smallest absolute Gasteiger partial charge is 0.0842 e. The van der Waals surface area contributed by atoms with Gasteiger partial charge in [-0.25, -0.2) is 0 Å². The molecule has 2 atom stereocenters. The molecule has 0 amide bonds. The third kappa shape index (κ3) is 2.39. The first-order valence-corrected chi connectivity index (χ1v) is 5.76. The third-order valence-corrected chi connectivity index (χ3v) is 3.11. The maximum Gasteiger partial charge on any atom is 0.0842 e. The van der Waals surface area contributed by atoms with Crippen molar-refractivity contribution in [3.63, 3.8) is 0 Å². The maximum absolute atomic E-state index is 5.97. The van der Waals surface area contributed by atoms with Gasteiger partial charge in [-0.15, -0.1) is 0 Å². The van der Waals surface area contributed by atoms with Crippen LogP contribution in [0, 0.1) is 0 Å². The molecule has 2 rings (SSSR count). The van der Waals surface area contributed by atoms with Gasteiger partial charge in [-0.05, 0) is 30.4 Å². The Morgan fingerprint density at radius 3 is 2.93 bits per heavy atom. The number of rotatable bonds is 2. The lowest BCUT2D eigenvalue weighted by Gasteiger charge is -2.28. The molecule has 1 aromatic carbocycles. The van der Waals surface area contributed by atoms with E-state index in [2.05, 4.69) is 31.2 Å². The molecular formula is C13H19NO. The maximum atomic E-state index is 5.97. The quantitative estimate of drug-likeness (QED) is 0.804. The van der Waals surface area contributed by atoms with Crippen LogP contribution in [0.4, 0.5) is 0 Å². The van der Waals surface area contributed by atoms with E-state index in [9.17, 15) is 0 Å². The second-order valence-corrected chi connectivity index (χ2v) is 4.20. The van der Waals surface area contributed by atoms with Crippen molar-refractivity contribution in [3.8, 4) is 0 Å². The molecule has 0 saturated carbocycles. The molecular weight excluding hydrogens is 186 g/mol. The van der Waals surface area contributed by atoms with E-state index in [-0.39, 0.29) is 6.10 Å². The predicted octanol–water partition coefficient (Wildman–Crippen LogP) is 2.43. The Kier molecular flexibility index (Phi) is 3.39. The van der Waals surface area contributed by atoms with Crippen LogP contribution in [0.1, 0.15) is 37.0 Å². The fourth-order valence-corrected chi connectivity index (χ4v) is 2.21. The summed E-state index contributed by atoms with van der Waals surface area (Å²) in [5, 5.41) is 0. The highest BCUT2D eigenvalue weighted by molar-refractivity contribution is 5.29. The molecule has 1 saturated heterocycles. The minimum Gasteiger partial charge on any atom is -0.373 e. The molecule has 0 spiro atoms. The van der Waals surface area contributed by atoms with E-state index < -0.39 is 0 Å². The summed E-state index contributed by atoms with van der Waals surface area (Å²) in [5.74, 6) is 0. The monoisotopic (exact) mass is 205 g/mol. The minimum atomic E-state index is 0.213. The van der Waals surface area contributed by atoms with E-state index >= 15 is 0 Å². The van der Waals surface area contributed by atoms with Crippen LogP contribution in [0.2, 0.25) is 0 Å². The SMILES string of the molecule is CCc1ccccc1C1CC(N)CCO1. The van der Waals surface area contributed by atoms with Crippen molar-refractivity contribution in [3.05, 3.63) is 35.4 Å². The normalized spacial score (nSPS) is 26.5. The average molecular weight is 205 g/mol. The van der Waals surface area contributed by atoms with Gasteiger partial charge in [0.05, 0.1) is 6.10 Å². The van der Waals surface area contributed by atoms with Gasteiger partial charge in [0.1, 0.15) is 0 Å². The molecule has 2 heteroatoms. The van der Waals surface area contributed by atoms with E-state index in [4.69, 9.17) is 10.5 Å². The summed E-state index contributed by atoms with van der Waals surface area (Å²) in [6.07, 6.45) is 3.22. The van der Waals surface area contributed by atoms with Crippen LogP contribution in [-0.4, -0.2) is 12.6 Å². The molecule has 15 heavy (non-hydrogen) atoms. The zero-order valence-corrected chi connectivity index (χ0v) is 9.28. The summed E-state index contributed by atoms with van der Waals surface area (Å²) in [6.45, 7) is 2.98. The van der Waals surface area contributed by atoms with Gasteiger partial charge in [0.2, 0.25) is 0 Å². The Morgan fingerprint density at radius 2 is 2.20 bits per heavy atom. The van der Waals surface area contributed by atoms with Crippen molar-refractivity contribution < 1.29 is 4.74 Å². The second-order valence-electron chi connectivity index (χ2n) is 4.20. The van der Waals surface area contributed by atoms with Crippen LogP contribution in [0.3, 0.4) is 0 Å². The van der Waals surface area contributed by atoms with Crippen LogP contribution >= 0.6 is 0 Å². The fraction of sp³-hybridized carbons (Fsp3) is 0.538. The fourth-order valence-electron chi connectivity index (χ4n) is 2.21. The molecule has 0 bridgehead atoms. The van der Waals surface area contributed by atoms with Gasteiger partial charge in [0.15, 0.2) is 0 Å². The largest absolute Gasteiger partial charge is 0.373 e. The van der Waals surface area contributed by atoms with E-state index in [0.717, 1.165) is 25.9 Å². The van der Waals surface area contributed by atoms with Gasteiger partial charge < -0.3 is 10.5 Å². The molecule has 0 radical (unpaired) electrons. The van der Waals surface area contributed by atoms with Crippen molar-refractivity contribution in [1.82, 2.24) is 0 Å². The van der Waals surface area contributed by atoms with Crippen molar-refractivity contribution in [1.29, 1.82) is 0 Å². The van der Waals surface area contributed by atoms with Crippen molar-refractivity contribution in [2.24, 2.45) is 5.73 Å². The van der Waals surface area contributed by atoms with Gasteiger partial charge in [-0.1, -0.05) is 31.2 Å². The lowest BCUT2D eigenvalue weighted by molar-refractivity contribution is 0.00620. The first-order chi connectivity index (χ1) is 7.31. The Labute approximate surface area is 91.4 Å². The van der Waals surface area contributed by atoms with E-state index in [0.29, 0.717) is 6.04 Å². The second kappa shape index (κ2) is 4.77. The molecule has 2 N–H and O–H groups in total. The number of aryl methyl sites for hydroxylation is 1. The molecule has 1 aliphatic heterocycles. The molecule has 2 unspecified atom stereocenters. The number of nitrogens with two attached hydrogens (primary N) is 1. The first-order valence-electron chi connectivity index (χ1n) is 5.76. The van der Waals surface area contributed by atoms with Gasteiger partial charge >= 0.3 is 0 Å². The van der Waals surface area contributed by atoms with Crippen LogP contribution in [0.5, 0.6) is 0 Å². The summed E-state index contributed by atoms with van der Waals surface area (Å²) in [7, 11) is 0. The van der Waals surface area contributed by atoms with Crippen LogP contribution in [0.25, 0.3) is 0 Å². The summed E-state index contributed by atoms with van der Waals surface area (Å²) in [6, 6.07) is 8.82. The van der Waals surface area contributed by atoms with Gasteiger partial charge in [-0.2, -0.15) is 0 Å². The highest BCUT2D eigenvalue weighted by Gasteiger charge is 2.22. The zero-order chi connectivity index (χ0) is 10.7. The standard InChI is InChI=1S/C13H19NO/c1-2-10-5-3-4-6-12(10)13-9-11(14)7-8-15-13/h3-6,11,13H,2,7-9,14H2,1H3. The van der Waals surface area contributed by atoms with Gasteiger partial charge in [0.25, 0.3) is 0 Å². The number of hydrogen-bond acceptors (Lipinski definition) is 2. The molecule has 1 heterocycles. The summed E-state index contributed by atoms with van der Waals surface area (Å²) in [5.41, 5.74) is 8.69. The third-order valence-electron chi connectivity index (χ3n) is 3.11. The van der Waals surface area contributed by atoms with Crippen LogP contribution in [-0.2, 0) is 11.2 Å². The van der Waals surface area contributed by atoms with Crippen LogP contribution in [0.15, 0.2) is 24.3 Å². The summed E-state index contributed by atoms with van der Waals surface area (Å²) < 4.78 is 5.80. The highest BCUT2D eigenvalue weighted by Crippen LogP contribution is 2.29. The summed E-state index contributed by atoms with van der Waals surface area (Å²) in [4.78, 5) is 0. The Balaban J connectivity index is 2.20. The van der Waals surface area contributed by atoms with Crippen molar-refractivity contribution in [2.75, 3.05) is 6.61 Å². The minimum absolute atomic E-state index is 0.213. The number of hydrogen-bond donors (Lipinski definition) is 1. The lowest BCUT2D eigenvalue weighted by Crippen LogP contribution is -2.30. The molecule has 0 aliphatic carbocycles. The van der Waals surface area contributed by atoms with Crippen molar-refractivity contribution >= 4 is 0 Å². The Morgan fingerprint density at radius 1 is 1.40 bits per heavy atom. The van der Waals surface area contributed by atoms with Crippen molar-refractivity contribution in [2.45, 2.75) is 38.3 Å². The van der Waals surface area contributed by atoms with Gasteiger partial charge in [0, 0.05) is 12.6 Å². The molecule has 0 aromatic heterocycles. The topological polar surface area (TPSA) is 35.2 Å². The highest BCUT2D eigenvalue weighted by atomic mass is 16.5. The average Bonchev–Trinajstić information content (AvgIpc) is 2.29. The van der Waals surface area contributed by atoms with E-state index in [1.807, 2.05) is 0 Å². The predicted molar refractivity (Wildman–Crippen MR) is 61.7 cm³/mol. The number of benzene rings is 1. The number of ether oxygens (including phenoxy) is 1. The molecule has 82 valence electrons. The van der Waals surface area contributed by atoms with E-state index in [1.54, 1.807) is 0 Å². The Hall–Kier alpha value is -0.860. The van der Waals surface area contributed by atoms with E-state index in [1.165, 1.54) is 11.1 Å². The summed E-state index contributed by atoms with van der Waals surface area (Å²) >= 11 is 0. The molecule has 1 aromatic rings. The molecule has 2 nitrogen and oxygen atoms in total. The van der Waals surface area contributed by atoms with Crippen LogP contribution < -0.4 is 5.73 Å². The zero-order valence-electron chi connectivity index (χ0n) is 9.28. The molecule has 1 fully saturated rings. The first kappa shape index (κ1) is 10.7.